The van der Waals surface area contributed by atoms with Crippen molar-refractivity contribution < 1.29 is 13.2 Å². The fourth-order valence-electron chi connectivity index (χ4n) is 1.53. The molecule has 0 aromatic heterocycles. The summed E-state index contributed by atoms with van der Waals surface area (Å²) in [7, 11) is -3.39. The van der Waals surface area contributed by atoms with Crippen LogP contribution < -0.4 is 15.8 Å². The highest BCUT2D eigenvalue weighted by Crippen LogP contribution is 2.24. The minimum absolute atomic E-state index is 0.187. The van der Waals surface area contributed by atoms with E-state index in [0.717, 1.165) is 11.8 Å². The lowest BCUT2D eigenvalue weighted by molar-refractivity contribution is -0.116. The highest BCUT2D eigenvalue weighted by atomic mass is 32.2. The molecule has 4 N–H and O–H groups in total. The lowest BCUT2D eigenvalue weighted by Crippen LogP contribution is -2.16. The third-order valence-electron chi connectivity index (χ3n) is 2.35. The molecule has 1 aromatic rings. The Kier molecular flexibility index (Phi) is 5.31. The van der Waals surface area contributed by atoms with Crippen molar-refractivity contribution in [1.82, 2.24) is 0 Å². The molecule has 0 unspecified atom stereocenters. The van der Waals surface area contributed by atoms with Crippen LogP contribution in [0, 0.1) is 6.92 Å². The second kappa shape index (κ2) is 6.53. The number of aryl methyl sites for hydroxylation is 1. The van der Waals surface area contributed by atoms with Gasteiger partial charge in [-0.2, -0.15) is 0 Å². The number of rotatable bonds is 6. The molecule has 0 spiro atoms. The maximum absolute atomic E-state index is 11.7. The summed E-state index contributed by atoms with van der Waals surface area (Å²) in [5, 5.41) is 2.69. The maximum Gasteiger partial charge on any atom is 0.229 e. The van der Waals surface area contributed by atoms with Crippen LogP contribution in [-0.2, 0) is 14.8 Å². The molecule has 7 heteroatoms. The second-order valence-electron chi connectivity index (χ2n) is 4.36. The summed E-state index contributed by atoms with van der Waals surface area (Å²) in [6.07, 6.45) is 1.96. The first-order chi connectivity index (χ1) is 8.81. The number of amides is 1. The van der Waals surface area contributed by atoms with Gasteiger partial charge in [0, 0.05) is 6.42 Å². The first-order valence-corrected chi connectivity index (χ1v) is 7.79. The smallest absolute Gasteiger partial charge is 0.229 e. The minimum atomic E-state index is -3.39. The maximum atomic E-state index is 11.7. The van der Waals surface area contributed by atoms with Crippen molar-refractivity contribution in [3.63, 3.8) is 0 Å². The molecule has 1 aromatic carbocycles. The molecule has 0 radical (unpaired) electrons. The molecule has 0 heterocycles. The zero-order valence-electron chi connectivity index (χ0n) is 11.1. The number of nitrogens with two attached hydrogens (primary N) is 1. The van der Waals surface area contributed by atoms with Gasteiger partial charge < -0.3 is 11.1 Å². The average Bonchev–Trinajstić information content (AvgIpc) is 2.28. The van der Waals surface area contributed by atoms with Crippen LogP contribution in [0.2, 0.25) is 0 Å². The quantitative estimate of drug-likeness (QED) is 0.727. The van der Waals surface area contributed by atoms with Gasteiger partial charge in [-0.3, -0.25) is 9.52 Å². The van der Waals surface area contributed by atoms with Crippen LogP contribution in [0.5, 0.6) is 0 Å². The van der Waals surface area contributed by atoms with E-state index >= 15 is 0 Å². The Morgan fingerprint density at radius 2 is 2.00 bits per heavy atom. The summed E-state index contributed by atoms with van der Waals surface area (Å²) in [4.78, 5) is 11.7. The van der Waals surface area contributed by atoms with Gasteiger partial charge in [0.2, 0.25) is 15.9 Å². The predicted molar refractivity (Wildman–Crippen MR) is 76.6 cm³/mol. The number of hydrogen-bond acceptors (Lipinski definition) is 4. The molecule has 0 fully saturated rings. The van der Waals surface area contributed by atoms with E-state index in [9.17, 15) is 13.2 Å². The van der Waals surface area contributed by atoms with Crippen molar-refractivity contribution in [2.24, 2.45) is 5.73 Å². The zero-order chi connectivity index (χ0) is 14.5. The molecule has 106 valence electrons. The third kappa shape index (κ3) is 5.71. The number of anilines is 2. The number of sulfonamides is 1. The third-order valence-corrected chi connectivity index (χ3v) is 2.94. The Bertz CT molecular complexity index is 555. The first kappa shape index (κ1) is 15.5. The highest BCUT2D eigenvalue weighted by Gasteiger charge is 2.10. The Morgan fingerprint density at radius 1 is 1.32 bits per heavy atom. The molecule has 0 saturated carbocycles. The van der Waals surface area contributed by atoms with Crippen LogP contribution >= 0.6 is 0 Å². The number of carbonyl (C=O) groups is 1. The summed E-state index contributed by atoms with van der Waals surface area (Å²) < 4.78 is 24.9. The first-order valence-electron chi connectivity index (χ1n) is 5.90. The average molecular weight is 285 g/mol. The SMILES string of the molecule is Cc1ccc(NS(C)(=O)=O)c(NC(=O)CCCN)c1. The zero-order valence-corrected chi connectivity index (χ0v) is 11.9. The van der Waals surface area contributed by atoms with Crippen LogP contribution in [-0.4, -0.2) is 27.1 Å². The monoisotopic (exact) mass is 285 g/mol. The van der Waals surface area contributed by atoms with Crippen molar-refractivity contribution >= 4 is 27.3 Å². The van der Waals surface area contributed by atoms with Gasteiger partial charge in [-0.1, -0.05) is 6.07 Å². The van der Waals surface area contributed by atoms with Crippen LogP contribution in [0.15, 0.2) is 18.2 Å². The van der Waals surface area contributed by atoms with Gasteiger partial charge in [0.25, 0.3) is 0 Å². The van der Waals surface area contributed by atoms with Gasteiger partial charge in [0.15, 0.2) is 0 Å². The van der Waals surface area contributed by atoms with E-state index in [0.29, 0.717) is 30.8 Å². The minimum Gasteiger partial charge on any atom is -0.330 e. The summed E-state index contributed by atoms with van der Waals surface area (Å²) >= 11 is 0. The Hall–Kier alpha value is -1.60. The highest BCUT2D eigenvalue weighted by molar-refractivity contribution is 7.92. The van der Waals surface area contributed by atoms with Crippen LogP contribution in [0.1, 0.15) is 18.4 Å². The normalized spacial score (nSPS) is 11.1. The summed E-state index contributed by atoms with van der Waals surface area (Å²) in [5.74, 6) is -0.187. The van der Waals surface area contributed by atoms with E-state index in [1.807, 2.05) is 6.92 Å². The van der Waals surface area contributed by atoms with Gasteiger partial charge >= 0.3 is 0 Å². The fourth-order valence-corrected chi connectivity index (χ4v) is 2.10. The Labute approximate surface area is 113 Å². The molecule has 1 amide bonds. The van der Waals surface area contributed by atoms with E-state index in [1.165, 1.54) is 0 Å². The molecule has 0 bridgehead atoms. The predicted octanol–water partition coefficient (Wildman–Crippen LogP) is 1.04. The van der Waals surface area contributed by atoms with E-state index in [4.69, 9.17) is 5.73 Å². The lowest BCUT2D eigenvalue weighted by atomic mass is 10.2. The molecule has 0 atom stereocenters. The fraction of sp³-hybridized carbons (Fsp3) is 0.417. The van der Waals surface area contributed by atoms with E-state index in [1.54, 1.807) is 18.2 Å². The van der Waals surface area contributed by atoms with E-state index in [2.05, 4.69) is 10.0 Å². The Morgan fingerprint density at radius 3 is 2.58 bits per heavy atom. The van der Waals surface area contributed by atoms with Gasteiger partial charge in [0.05, 0.1) is 17.6 Å². The van der Waals surface area contributed by atoms with Crippen molar-refractivity contribution in [1.29, 1.82) is 0 Å². The lowest BCUT2D eigenvalue weighted by Gasteiger charge is -2.12. The number of nitrogens with one attached hydrogen (secondary N) is 2. The van der Waals surface area contributed by atoms with Crippen molar-refractivity contribution in [3.05, 3.63) is 23.8 Å². The second-order valence-corrected chi connectivity index (χ2v) is 6.11. The van der Waals surface area contributed by atoms with E-state index in [-0.39, 0.29) is 5.91 Å². The molecular weight excluding hydrogens is 266 g/mol. The molecule has 1 rings (SSSR count). The topological polar surface area (TPSA) is 101 Å². The number of carbonyl (C=O) groups excluding carboxylic acids is 1. The Balaban J connectivity index is 2.91. The molecule has 6 nitrogen and oxygen atoms in total. The van der Waals surface area contributed by atoms with Crippen molar-refractivity contribution in [3.8, 4) is 0 Å². The molecule has 0 aliphatic heterocycles. The molecule has 19 heavy (non-hydrogen) atoms. The van der Waals surface area contributed by atoms with Crippen LogP contribution in [0.4, 0.5) is 11.4 Å². The van der Waals surface area contributed by atoms with E-state index < -0.39 is 10.0 Å². The molecule has 0 aliphatic rings. The summed E-state index contributed by atoms with van der Waals surface area (Å²) in [5.41, 5.74) is 7.07. The van der Waals surface area contributed by atoms with Crippen LogP contribution in [0.3, 0.4) is 0 Å². The molecular formula is C12H19N3O3S. The largest absolute Gasteiger partial charge is 0.330 e. The van der Waals surface area contributed by atoms with Gasteiger partial charge in [-0.15, -0.1) is 0 Å². The van der Waals surface area contributed by atoms with Crippen LogP contribution in [0.25, 0.3) is 0 Å². The standard InChI is InChI=1S/C12H19N3O3S/c1-9-5-6-10(15-19(2,17)18)11(8-9)14-12(16)4-3-7-13/h5-6,8,15H,3-4,7,13H2,1-2H3,(H,14,16). The molecule has 0 saturated heterocycles. The number of hydrogen-bond donors (Lipinski definition) is 3. The van der Waals surface area contributed by atoms with Gasteiger partial charge in [-0.25, -0.2) is 8.42 Å². The van der Waals surface area contributed by atoms with Gasteiger partial charge in [-0.05, 0) is 37.6 Å². The summed E-state index contributed by atoms with van der Waals surface area (Å²) in [6, 6.07) is 5.10. The molecule has 0 aliphatic carbocycles. The summed E-state index contributed by atoms with van der Waals surface area (Å²) in [6.45, 7) is 2.30. The van der Waals surface area contributed by atoms with Crippen molar-refractivity contribution in [2.75, 3.05) is 22.8 Å². The van der Waals surface area contributed by atoms with Crippen molar-refractivity contribution in [2.45, 2.75) is 19.8 Å². The number of benzene rings is 1. The van der Waals surface area contributed by atoms with Gasteiger partial charge in [0.1, 0.15) is 0 Å².